The number of esters is 1. The molecule has 0 saturated carbocycles. The van der Waals surface area contributed by atoms with E-state index in [0.29, 0.717) is 5.75 Å². The van der Waals surface area contributed by atoms with Crippen molar-refractivity contribution in [2.75, 3.05) is 25.2 Å². The third-order valence-corrected chi connectivity index (χ3v) is 8.11. The van der Waals surface area contributed by atoms with E-state index >= 15 is 4.39 Å². The van der Waals surface area contributed by atoms with Gasteiger partial charge in [-0.25, -0.2) is 4.39 Å². The number of nitrogens with zero attached hydrogens (tertiary/aromatic N) is 2. The van der Waals surface area contributed by atoms with Crippen LogP contribution in [0.1, 0.15) is 63.1 Å². The van der Waals surface area contributed by atoms with Crippen molar-refractivity contribution in [1.82, 2.24) is 4.68 Å². The van der Waals surface area contributed by atoms with E-state index in [9.17, 15) is 14.7 Å². The Hall–Kier alpha value is -4.69. The van der Waals surface area contributed by atoms with Crippen LogP contribution in [0.3, 0.4) is 0 Å². The first-order chi connectivity index (χ1) is 22.3. The van der Waals surface area contributed by atoms with E-state index in [4.69, 9.17) is 4.74 Å². The van der Waals surface area contributed by atoms with Gasteiger partial charge in [0.25, 0.3) is 0 Å². The van der Waals surface area contributed by atoms with Crippen LogP contribution in [0, 0.1) is 5.82 Å². The Morgan fingerprint density at radius 1 is 0.935 bits per heavy atom. The zero-order valence-corrected chi connectivity index (χ0v) is 26.6. The number of methoxy groups -OCH3 is 1. The summed E-state index contributed by atoms with van der Waals surface area (Å²) in [6.45, 7) is 6.04. The number of rotatable bonds is 12. The highest BCUT2D eigenvalue weighted by atomic mass is 19.1. The molecule has 0 bridgehead atoms. The van der Waals surface area contributed by atoms with Crippen molar-refractivity contribution >= 4 is 17.8 Å². The predicted molar refractivity (Wildman–Crippen MR) is 179 cm³/mol. The number of aromatic nitrogens is 1. The molecule has 3 aromatic carbocycles. The van der Waals surface area contributed by atoms with Gasteiger partial charge in [0.2, 0.25) is 0 Å². The molecule has 1 fully saturated rings. The van der Waals surface area contributed by atoms with Gasteiger partial charge in [0.05, 0.1) is 24.6 Å². The summed E-state index contributed by atoms with van der Waals surface area (Å²) in [6, 6.07) is 24.1. The number of hydrogen-bond donors (Lipinski definition) is 1. The molecular weight excluding hydrogens is 583 g/mol. The van der Waals surface area contributed by atoms with Crippen molar-refractivity contribution in [3.05, 3.63) is 102 Å². The summed E-state index contributed by atoms with van der Waals surface area (Å²) >= 11 is 0. The number of aliphatic hydroxyl groups is 1. The lowest BCUT2D eigenvalue weighted by molar-refractivity contribution is -0.143. The summed E-state index contributed by atoms with van der Waals surface area (Å²) < 4.78 is 28.2. The van der Waals surface area contributed by atoms with Crippen LogP contribution in [0.2, 0.25) is 0 Å². The molecule has 0 amide bonds. The number of ether oxygens (including phenoxy) is 2. The average Bonchev–Trinajstić information content (AvgIpc) is 3.41. The van der Waals surface area contributed by atoms with Crippen LogP contribution in [0.15, 0.2) is 84.9 Å². The van der Waals surface area contributed by atoms with Crippen LogP contribution < -0.4 is 9.75 Å². The van der Waals surface area contributed by atoms with Crippen LogP contribution >= 0.6 is 0 Å². The van der Waals surface area contributed by atoms with Gasteiger partial charge in [-0.05, 0) is 55.0 Å². The van der Waals surface area contributed by atoms with Gasteiger partial charge in [-0.1, -0.05) is 80.6 Å². The van der Waals surface area contributed by atoms with Crippen LogP contribution in [0.25, 0.3) is 28.5 Å². The second-order valence-electron chi connectivity index (χ2n) is 11.9. The molecule has 0 radical (unpaired) electrons. The van der Waals surface area contributed by atoms with Crippen molar-refractivity contribution in [3.8, 4) is 33.9 Å². The molecule has 1 saturated heterocycles. The lowest BCUT2D eigenvalue weighted by Crippen LogP contribution is -2.40. The fraction of sp³-hybridized carbons (Fsp3) is 0.316. The molecule has 1 N–H and O–H groups in total. The molecule has 1 aliphatic heterocycles. The maximum atomic E-state index is 15.2. The fourth-order valence-corrected chi connectivity index (χ4v) is 6.01. The smallest absolute Gasteiger partial charge is 0.313 e. The van der Waals surface area contributed by atoms with Gasteiger partial charge in [-0.3, -0.25) is 14.3 Å². The number of halogens is 1. The minimum atomic E-state index is -1.12. The van der Waals surface area contributed by atoms with Gasteiger partial charge in [0.1, 0.15) is 18.0 Å². The molecule has 1 unspecified atom stereocenters. The first-order valence-corrected chi connectivity index (χ1v) is 15.8. The number of carbonyl (C=O) groups is 2. The molecule has 4 aromatic rings. The van der Waals surface area contributed by atoms with E-state index in [-0.39, 0.29) is 18.1 Å². The number of carbonyl (C=O) groups excluding carboxylic acids is 2. The SMILES string of the molecule is COC(=O)CC(=O)CC(O)/C=C/c1c(-c2ccc(F)c(Oc3ccccc3)c2)c(-c2ccccc2)n(N2CCCCC2)c1C(C)C. The molecule has 0 spiro atoms. The molecule has 0 aliphatic carbocycles. The molecular formula is C38H41FN2O5. The van der Waals surface area contributed by atoms with Crippen LogP contribution in [0.5, 0.6) is 11.5 Å². The first kappa shape index (κ1) is 32.7. The standard InChI is InChI=1S/C38H41FN2O5/c1-26(2)37-32(19-18-29(42)24-30(43)25-35(44)45-3)36(28-17-20-33(39)34(23-28)46-31-15-9-5-10-16-31)38(27-13-7-4-8-14-27)41(37)40-21-11-6-12-22-40/h4-5,7-10,13-20,23,26,29,42H,6,11-12,21-22,24-25H2,1-3H3/b19-18+. The Labute approximate surface area is 269 Å². The van der Waals surface area contributed by atoms with E-state index < -0.39 is 30.1 Å². The van der Waals surface area contributed by atoms with E-state index in [1.165, 1.54) is 19.6 Å². The molecule has 240 valence electrons. The summed E-state index contributed by atoms with van der Waals surface area (Å²) in [5, 5.41) is 13.3. The van der Waals surface area contributed by atoms with Gasteiger partial charge in [-0.15, -0.1) is 0 Å². The summed E-state index contributed by atoms with van der Waals surface area (Å²) in [6.07, 6.45) is 5.02. The lowest BCUT2D eigenvalue weighted by Gasteiger charge is -2.34. The number of benzene rings is 3. The van der Waals surface area contributed by atoms with E-state index in [0.717, 1.165) is 59.6 Å². The van der Waals surface area contributed by atoms with Crippen molar-refractivity contribution < 1.29 is 28.6 Å². The van der Waals surface area contributed by atoms with Gasteiger partial charge >= 0.3 is 5.97 Å². The minimum Gasteiger partial charge on any atom is -0.469 e. The number of para-hydroxylation sites is 1. The molecule has 2 heterocycles. The highest BCUT2D eigenvalue weighted by Gasteiger charge is 2.29. The molecule has 8 heteroatoms. The Bertz CT molecular complexity index is 1670. The number of aliphatic hydroxyl groups excluding tert-OH is 1. The molecule has 1 atom stereocenters. The number of ketones is 1. The number of piperidine rings is 1. The lowest BCUT2D eigenvalue weighted by atomic mass is 9.94. The maximum absolute atomic E-state index is 15.2. The molecule has 7 nitrogen and oxygen atoms in total. The predicted octanol–water partition coefficient (Wildman–Crippen LogP) is 7.90. The van der Waals surface area contributed by atoms with Gasteiger partial charge in [0, 0.05) is 36.2 Å². The molecule has 46 heavy (non-hydrogen) atoms. The quantitative estimate of drug-likeness (QED) is 0.128. The Balaban J connectivity index is 1.71. The first-order valence-electron chi connectivity index (χ1n) is 15.8. The van der Waals surface area contributed by atoms with Crippen molar-refractivity contribution in [1.29, 1.82) is 0 Å². The van der Waals surface area contributed by atoms with Crippen LogP contribution in [0.4, 0.5) is 4.39 Å². The highest BCUT2D eigenvalue weighted by molar-refractivity contribution is 5.96. The van der Waals surface area contributed by atoms with Crippen molar-refractivity contribution in [2.45, 2.75) is 58.0 Å². The largest absolute Gasteiger partial charge is 0.469 e. The zero-order chi connectivity index (χ0) is 32.6. The normalized spacial score (nSPS) is 14.1. The summed E-state index contributed by atoms with van der Waals surface area (Å²) in [5.74, 6) is -0.841. The summed E-state index contributed by atoms with van der Waals surface area (Å²) in [5.41, 5.74) is 5.46. The number of hydrogen-bond acceptors (Lipinski definition) is 6. The monoisotopic (exact) mass is 624 g/mol. The third-order valence-electron chi connectivity index (χ3n) is 8.11. The minimum absolute atomic E-state index is 0.0661. The molecule has 1 aromatic heterocycles. The second kappa shape index (κ2) is 15.1. The Morgan fingerprint density at radius 3 is 2.26 bits per heavy atom. The van der Waals surface area contributed by atoms with Crippen LogP contribution in [-0.4, -0.2) is 47.8 Å². The second-order valence-corrected chi connectivity index (χ2v) is 11.9. The average molecular weight is 625 g/mol. The molecule has 5 rings (SSSR count). The van der Waals surface area contributed by atoms with E-state index in [2.05, 4.69) is 40.4 Å². The van der Waals surface area contributed by atoms with Crippen LogP contribution in [-0.2, 0) is 14.3 Å². The van der Waals surface area contributed by atoms with Crippen molar-refractivity contribution in [3.63, 3.8) is 0 Å². The Morgan fingerprint density at radius 2 is 1.61 bits per heavy atom. The van der Waals surface area contributed by atoms with Gasteiger partial charge in [0.15, 0.2) is 11.6 Å². The summed E-state index contributed by atoms with van der Waals surface area (Å²) in [7, 11) is 1.23. The topological polar surface area (TPSA) is 81.0 Å². The van der Waals surface area contributed by atoms with E-state index in [1.807, 2.05) is 42.5 Å². The maximum Gasteiger partial charge on any atom is 0.313 e. The van der Waals surface area contributed by atoms with Crippen molar-refractivity contribution in [2.24, 2.45) is 0 Å². The van der Waals surface area contributed by atoms with Gasteiger partial charge < -0.3 is 19.6 Å². The highest BCUT2D eigenvalue weighted by Crippen LogP contribution is 2.44. The number of Topliss-reactive ketones (excluding diaryl/α,β-unsaturated/α-hetero) is 1. The van der Waals surface area contributed by atoms with E-state index in [1.54, 1.807) is 30.3 Å². The third kappa shape index (κ3) is 7.57. The fourth-order valence-electron chi connectivity index (χ4n) is 6.01. The summed E-state index contributed by atoms with van der Waals surface area (Å²) in [4.78, 5) is 24.0. The van der Waals surface area contributed by atoms with Gasteiger partial charge in [-0.2, -0.15) is 0 Å². The zero-order valence-electron chi connectivity index (χ0n) is 26.6. The molecule has 1 aliphatic rings. The Kier molecular flexibility index (Phi) is 10.7.